The van der Waals surface area contributed by atoms with E-state index < -0.39 is 0 Å². The summed E-state index contributed by atoms with van der Waals surface area (Å²) >= 11 is 0. The van der Waals surface area contributed by atoms with Gasteiger partial charge in [-0.2, -0.15) is 0 Å². The van der Waals surface area contributed by atoms with Crippen LogP contribution in [0.4, 0.5) is 0 Å². The Bertz CT molecular complexity index is 584. The molecule has 20 heavy (non-hydrogen) atoms. The van der Waals surface area contributed by atoms with Crippen molar-refractivity contribution >= 4 is 17.1 Å². The average Bonchev–Trinajstić information content (AvgIpc) is 2.50. The monoisotopic (exact) mass is 268 g/mol. The molecule has 2 aromatic carbocycles. The highest BCUT2D eigenvalue weighted by Gasteiger charge is 2.05. The summed E-state index contributed by atoms with van der Waals surface area (Å²) in [6.45, 7) is 4.43. The van der Waals surface area contributed by atoms with Crippen LogP contribution in [0.25, 0.3) is 10.8 Å². The topological polar surface area (TPSA) is 17.1 Å². The van der Waals surface area contributed by atoms with E-state index in [4.69, 9.17) is 0 Å². The van der Waals surface area contributed by atoms with Crippen LogP contribution in [-0.2, 0) is 12.8 Å². The molecule has 0 bridgehead atoms. The Balaban J connectivity index is 2.44. The number of hydrogen-bond acceptors (Lipinski definition) is 1. The van der Waals surface area contributed by atoms with Gasteiger partial charge >= 0.3 is 0 Å². The van der Waals surface area contributed by atoms with Gasteiger partial charge < -0.3 is 0 Å². The van der Waals surface area contributed by atoms with Crippen LogP contribution in [0.15, 0.2) is 30.3 Å². The Hall–Kier alpha value is -1.63. The lowest BCUT2D eigenvalue weighted by Gasteiger charge is -2.10. The van der Waals surface area contributed by atoms with Crippen molar-refractivity contribution in [2.24, 2.45) is 0 Å². The third-order valence-corrected chi connectivity index (χ3v) is 3.88. The van der Waals surface area contributed by atoms with E-state index in [-0.39, 0.29) is 0 Å². The Kier molecular flexibility index (Phi) is 5.34. The predicted octanol–water partition coefficient (Wildman–Crippen LogP) is 5.34. The van der Waals surface area contributed by atoms with Gasteiger partial charge in [0.15, 0.2) is 0 Å². The third-order valence-electron chi connectivity index (χ3n) is 3.88. The van der Waals surface area contributed by atoms with Crippen molar-refractivity contribution in [3.8, 4) is 0 Å². The SMILES string of the molecule is CCCCc1ccc2cc(C=O)cc(CCCC)c2c1. The first-order chi connectivity index (χ1) is 9.78. The van der Waals surface area contributed by atoms with Crippen molar-refractivity contribution < 1.29 is 4.79 Å². The van der Waals surface area contributed by atoms with E-state index in [0.717, 1.165) is 24.7 Å². The molecule has 0 atom stereocenters. The molecule has 0 amide bonds. The van der Waals surface area contributed by atoms with E-state index in [1.165, 1.54) is 47.6 Å². The van der Waals surface area contributed by atoms with Gasteiger partial charge in [0.2, 0.25) is 0 Å². The fourth-order valence-corrected chi connectivity index (χ4v) is 2.69. The van der Waals surface area contributed by atoms with Gasteiger partial charge in [-0.1, -0.05) is 44.9 Å². The van der Waals surface area contributed by atoms with Crippen LogP contribution >= 0.6 is 0 Å². The van der Waals surface area contributed by atoms with Crippen LogP contribution in [0.5, 0.6) is 0 Å². The minimum Gasteiger partial charge on any atom is -0.298 e. The standard InChI is InChI=1S/C19H24O/c1-3-5-7-15-9-10-18-12-16(14-20)11-17(8-6-4-2)19(18)13-15/h9-14H,3-8H2,1-2H3. The normalized spacial score (nSPS) is 10.9. The highest BCUT2D eigenvalue weighted by Crippen LogP contribution is 2.24. The molecule has 0 aliphatic rings. The van der Waals surface area contributed by atoms with E-state index in [2.05, 4.69) is 38.1 Å². The summed E-state index contributed by atoms with van der Waals surface area (Å²) in [6, 6.07) is 10.8. The first kappa shape index (κ1) is 14.8. The number of carbonyl (C=O) groups is 1. The molecule has 1 heteroatoms. The number of benzene rings is 2. The molecule has 0 spiro atoms. The van der Waals surface area contributed by atoms with Crippen LogP contribution in [0, 0.1) is 0 Å². The summed E-state index contributed by atoms with van der Waals surface area (Å²) in [6.07, 6.45) is 7.99. The second kappa shape index (κ2) is 7.23. The molecule has 0 aliphatic carbocycles. The number of carbonyl (C=O) groups excluding carboxylic acids is 1. The first-order valence-electron chi connectivity index (χ1n) is 7.79. The van der Waals surface area contributed by atoms with E-state index in [1.807, 2.05) is 6.07 Å². The van der Waals surface area contributed by atoms with E-state index in [9.17, 15) is 4.79 Å². The summed E-state index contributed by atoms with van der Waals surface area (Å²) in [4.78, 5) is 11.1. The van der Waals surface area contributed by atoms with Crippen LogP contribution in [0.3, 0.4) is 0 Å². The number of unbranched alkanes of at least 4 members (excludes halogenated alkanes) is 2. The quantitative estimate of drug-likeness (QED) is 0.620. The van der Waals surface area contributed by atoms with Gasteiger partial charge in [-0.05, 0) is 59.7 Å². The van der Waals surface area contributed by atoms with Gasteiger partial charge in [0, 0.05) is 5.56 Å². The lowest BCUT2D eigenvalue weighted by Crippen LogP contribution is -1.93. The van der Waals surface area contributed by atoms with E-state index >= 15 is 0 Å². The van der Waals surface area contributed by atoms with Crippen molar-refractivity contribution in [3.63, 3.8) is 0 Å². The molecule has 1 nitrogen and oxygen atoms in total. The third kappa shape index (κ3) is 3.47. The Labute approximate surface area is 122 Å². The largest absolute Gasteiger partial charge is 0.298 e. The van der Waals surface area contributed by atoms with Crippen molar-refractivity contribution in [1.29, 1.82) is 0 Å². The molecular formula is C19H24O. The maximum absolute atomic E-state index is 11.1. The van der Waals surface area contributed by atoms with Crippen molar-refractivity contribution in [2.75, 3.05) is 0 Å². The van der Waals surface area contributed by atoms with Crippen molar-refractivity contribution in [2.45, 2.75) is 52.4 Å². The molecule has 106 valence electrons. The first-order valence-corrected chi connectivity index (χ1v) is 7.79. The molecule has 0 N–H and O–H groups in total. The molecule has 0 fully saturated rings. The average molecular weight is 268 g/mol. The summed E-state index contributed by atoms with van der Waals surface area (Å²) < 4.78 is 0. The predicted molar refractivity (Wildman–Crippen MR) is 86.6 cm³/mol. The summed E-state index contributed by atoms with van der Waals surface area (Å²) in [5, 5.41) is 2.53. The van der Waals surface area contributed by atoms with Crippen LogP contribution in [-0.4, -0.2) is 6.29 Å². The summed E-state index contributed by atoms with van der Waals surface area (Å²) in [7, 11) is 0. The van der Waals surface area contributed by atoms with Crippen molar-refractivity contribution in [3.05, 3.63) is 47.0 Å². The number of aryl methyl sites for hydroxylation is 2. The zero-order valence-electron chi connectivity index (χ0n) is 12.6. The molecule has 2 aromatic rings. The Morgan fingerprint density at radius 2 is 1.70 bits per heavy atom. The molecule has 0 saturated carbocycles. The van der Waals surface area contributed by atoms with Gasteiger partial charge in [0.1, 0.15) is 6.29 Å². The Morgan fingerprint density at radius 1 is 0.950 bits per heavy atom. The second-order valence-corrected chi connectivity index (χ2v) is 5.56. The molecule has 0 saturated heterocycles. The maximum atomic E-state index is 11.1. The number of fused-ring (bicyclic) bond motifs is 1. The maximum Gasteiger partial charge on any atom is 0.150 e. The Morgan fingerprint density at radius 3 is 2.40 bits per heavy atom. The van der Waals surface area contributed by atoms with Crippen LogP contribution < -0.4 is 0 Å². The molecule has 0 radical (unpaired) electrons. The molecule has 0 aliphatic heterocycles. The smallest absolute Gasteiger partial charge is 0.150 e. The molecule has 2 rings (SSSR count). The van der Waals surface area contributed by atoms with Gasteiger partial charge in [0.25, 0.3) is 0 Å². The molecular weight excluding hydrogens is 244 g/mol. The second-order valence-electron chi connectivity index (χ2n) is 5.56. The molecule has 0 unspecified atom stereocenters. The van der Waals surface area contributed by atoms with Gasteiger partial charge in [-0.25, -0.2) is 0 Å². The number of aldehydes is 1. The fourth-order valence-electron chi connectivity index (χ4n) is 2.69. The number of hydrogen-bond donors (Lipinski definition) is 0. The highest BCUT2D eigenvalue weighted by molar-refractivity contribution is 5.92. The minimum absolute atomic E-state index is 0.796. The van der Waals surface area contributed by atoms with Gasteiger partial charge in [-0.15, -0.1) is 0 Å². The lowest BCUT2D eigenvalue weighted by atomic mass is 9.95. The lowest BCUT2D eigenvalue weighted by molar-refractivity contribution is 0.112. The van der Waals surface area contributed by atoms with Crippen LogP contribution in [0.2, 0.25) is 0 Å². The van der Waals surface area contributed by atoms with Crippen LogP contribution in [0.1, 0.15) is 61.0 Å². The molecule has 0 heterocycles. The zero-order chi connectivity index (χ0) is 14.4. The van der Waals surface area contributed by atoms with E-state index in [0.29, 0.717) is 0 Å². The minimum atomic E-state index is 0.796. The number of rotatable bonds is 7. The zero-order valence-corrected chi connectivity index (χ0v) is 12.6. The van der Waals surface area contributed by atoms with Gasteiger partial charge in [-0.3, -0.25) is 4.79 Å². The summed E-state index contributed by atoms with van der Waals surface area (Å²) in [5.41, 5.74) is 3.53. The van der Waals surface area contributed by atoms with Gasteiger partial charge in [0.05, 0.1) is 0 Å². The fraction of sp³-hybridized carbons (Fsp3) is 0.421. The van der Waals surface area contributed by atoms with Crippen molar-refractivity contribution in [1.82, 2.24) is 0 Å². The summed E-state index contributed by atoms with van der Waals surface area (Å²) in [5.74, 6) is 0. The van der Waals surface area contributed by atoms with E-state index in [1.54, 1.807) is 0 Å². The highest BCUT2D eigenvalue weighted by atomic mass is 16.1. The molecule has 0 aromatic heterocycles.